The molecule has 0 aliphatic rings. The number of rotatable bonds is 8. The fourth-order valence-electron chi connectivity index (χ4n) is 2.67. The lowest BCUT2D eigenvalue weighted by molar-refractivity contribution is -0.118. The molecule has 0 heterocycles. The second kappa shape index (κ2) is 11.0. The Kier molecular flexibility index (Phi) is 8.09. The molecule has 1 N–H and O–H groups in total. The Labute approximate surface area is 203 Å². The molecule has 0 fully saturated rings. The average Bonchev–Trinajstić information content (AvgIpc) is 2.78. The summed E-state index contributed by atoms with van der Waals surface area (Å²) in [6.45, 7) is 3.55. The number of carbonyl (C=O) groups excluding carboxylic acids is 2. The van der Waals surface area contributed by atoms with Gasteiger partial charge in [-0.05, 0) is 42.0 Å². The maximum absolute atomic E-state index is 12.5. The van der Waals surface area contributed by atoms with Crippen LogP contribution in [0.4, 0.5) is 5.69 Å². The molecule has 0 unspecified atom stereocenters. The number of ether oxygens (including phenoxy) is 1. The summed E-state index contributed by atoms with van der Waals surface area (Å²) in [5.74, 6) is -1.12. The second-order valence-electron chi connectivity index (χ2n) is 7.52. The van der Waals surface area contributed by atoms with Crippen LogP contribution in [0.5, 0.6) is 11.5 Å². The molecular formula is C25H22ClNO6S. The van der Waals surface area contributed by atoms with Gasteiger partial charge in [-0.25, -0.2) is 4.79 Å². The monoisotopic (exact) mass is 499 g/mol. The fourth-order valence-corrected chi connectivity index (χ4v) is 3.63. The summed E-state index contributed by atoms with van der Waals surface area (Å²) in [4.78, 5) is 24.3. The molecule has 0 saturated heterocycles. The topological polar surface area (TPSA) is 98.8 Å². The van der Waals surface area contributed by atoms with E-state index in [0.29, 0.717) is 11.3 Å². The minimum Gasteiger partial charge on any atom is -0.423 e. The number of hydrogen-bond acceptors (Lipinski definition) is 6. The van der Waals surface area contributed by atoms with Crippen molar-refractivity contribution in [1.82, 2.24) is 0 Å². The molecular weight excluding hydrogens is 478 g/mol. The number of carbonyl (C=O) groups is 2. The molecule has 176 valence electrons. The van der Waals surface area contributed by atoms with Gasteiger partial charge in [-0.2, -0.15) is 8.42 Å². The molecule has 0 bridgehead atoms. The van der Waals surface area contributed by atoms with Crippen molar-refractivity contribution in [2.75, 3.05) is 5.32 Å². The Bertz CT molecular complexity index is 1300. The van der Waals surface area contributed by atoms with E-state index in [1.807, 2.05) is 6.07 Å². The minimum atomic E-state index is -4.08. The summed E-state index contributed by atoms with van der Waals surface area (Å²) in [6, 6.07) is 18.9. The van der Waals surface area contributed by atoms with Crippen LogP contribution < -0.4 is 14.2 Å². The van der Waals surface area contributed by atoms with E-state index < -0.39 is 16.1 Å². The first kappa shape index (κ1) is 25.0. The number of halogens is 1. The maximum atomic E-state index is 12.5. The highest BCUT2D eigenvalue weighted by atomic mass is 35.5. The van der Waals surface area contributed by atoms with Crippen molar-refractivity contribution in [3.05, 3.63) is 94.4 Å². The van der Waals surface area contributed by atoms with Gasteiger partial charge in [0.05, 0.1) is 11.0 Å². The van der Waals surface area contributed by atoms with Gasteiger partial charge in [0.2, 0.25) is 5.91 Å². The van der Waals surface area contributed by atoms with Crippen molar-refractivity contribution in [1.29, 1.82) is 0 Å². The third kappa shape index (κ3) is 7.47. The Morgan fingerprint density at radius 3 is 2.24 bits per heavy atom. The molecule has 3 aromatic carbocycles. The summed E-state index contributed by atoms with van der Waals surface area (Å²) in [5.41, 5.74) is 1.45. The number of hydrogen-bond donors (Lipinski definition) is 1. The smallest absolute Gasteiger partial charge is 0.343 e. The SMILES string of the molecule is CC(C)C(=O)Nc1ccc(C(=O)Oc2cc(Cl)cc(OS(=O)(=O)/C=C/c3ccccc3)c2)cc1. The zero-order valence-electron chi connectivity index (χ0n) is 18.4. The standard InChI is InChI=1S/C25H22ClNO6S/c1-17(2)24(28)27-21-10-8-19(9-11-21)25(29)32-22-14-20(26)15-23(16-22)33-34(30,31)13-12-18-6-4-3-5-7-18/h3-17H,1-2H3,(H,27,28)/b13-12+. The van der Waals surface area contributed by atoms with Crippen LogP contribution in [0.2, 0.25) is 5.02 Å². The molecule has 0 saturated carbocycles. The lowest BCUT2D eigenvalue weighted by atomic mass is 10.1. The maximum Gasteiger partial charge on any atom is 0.343 e. The quantitative estimate of drug-likeness (QED) is 0.248. The van der Waals surface area contributed by atoms with Gasteiger partial charge in [0.15, 0.2) is 0 Å². The lowest BCUT2D eigenvalue weighted by Gasteiger charge is -2.10. The predicted octanol–water partition coefficient (Wildman–Crippen LogP) is 5.53. The summed E-state index contributed by atoms with van der Waals surface area (Å²) in [6.07, 6.45) is 1.40. The first-order valence-corrected chi connectivity index (χ1v) is 12.1. The van der Waals surface area contributed by atoms with Crippen LogP contribution in [-0.2, 0) is 14.9 Å². The van der Waals surface area contributed by atoms with E-state index in [-0.39, 0.29) is 33.9 Å². The number of nitrogens with one attached hydrogen (secondary N) is 1. The van der Waals surface area contributed by atoms with Crippen molar-refractivity contribution >= 4 is 45.4 Å². The van der Waals surface area contributed by atoms with Gasteiger partial charge in [-0.3, -0.25) is 4.79 Å². The Morgan fingerprint density at radius 1 is 0.941 bits per heavy atom. The van der Waals surface area contributed by atoms with Crippen molar-refractivity contribution in [3.8, 4) is 11.5 Å². The normalized spacial score (nSPS) is 11.4. The molecule has 1 amide bonds. The molecule has 0 aromatic heterocycles. The molecule has 0 aliphatic carbocycles. The molecule has 3 aromatic rings. The lowest BCUT2D eigenvalue weighted by Crippen LogP contribution is -2.17. The fraction of sp³-hybridized carbons (Fsp3) is 0.120. The summed E-state index contributed by atoms with van der Waals surface area (Å²) < 4.78 is 35.0. The zero-order valence-corrected chi connectivity index (χ0v) is 20.0. The molecule has 34 heavy (non-hydrogen) atoms. The Hall–Kier alpha value is -3.62. The molecule has 7 nitrogen and oxygen atoms in total. The van der Waals surface area contributed by atoms with Crippen molar-refractivity contribution in [2.24, 2.45) is 5.92 Å². The molecule has 3 rings (SSSR count). The highest BCUT2D eigenvalue weighted by molar-refractivity contribution is 7.90. The number of esters is 1. The van der Waals surface area contributed by atoms with E-state index in [9.17, 15) is 18.0 Å². The largest absolute Gasteiger partial charge is 0.423 e. The van der Waals surface area contributed by atoms with Crippen LogP contribution in [-0.4, -0.2) is 20.3 Å². The second-order valence-corrected chi connectivity index (χ2v) is 9.38. The third-order valence-corrected chi connectivity index (χ3v) is 5.52. The number of amides is 1. The minimum absolute atomic E-state index is 0.00641. The van der Waals surface area contributed by atoms with Gasteiger partial charge in [0.25, 0.3) is 0 Å². The average molecular weight is 500 g/mol. The molecule has 0 radical (unpaired) electrons. The first-order chi connectivity index (χ1) is 16.1. The van der Waals surface area contributed by atoms with Gasteiger partial charge in [-0.15, -0.1) is 0 Å². The Balaban J connectivity index is 1.69. The van der Waals surface area contributed by atoms with E-state index in [4.69, 9.17) is 20.5 Å². The van der Waals surface area contributed by atoms with Gasteiger partial charge in [0.1, 0.15) is 11.5 Å². The van der Waals surface area contributed by atoms with Crippen LogP contribution in [0, 0.1) is 5.92 Å². The van der Waals surface area contributed by atoms with Crippen LogP contribution >= 0.6 is 11.6 Å². The number of benzene rings is 3. The van der Waals surface area contributed by atoms with Crippen LogP contribution in [0.15, 0.2) is 78.2 Å². The summed E-state index contributed by atoms with van der Waals surface area (Å²) in [5, 5.41) is 3.77. The van der Waals surface area contributed by atoms with Crippen molar-refractivity contribution in [3.63, 3.8) is 0 Å². The van der Waals surface area contributed by atoms with Crippen LogP contribution in [0.3, 0.4) is 0 Å². The molecule has 0 spiro atoms. The summed E-state index contributed by atoms with van der Waals surface area (Å²) >= 11 is 6.05. The third-order valence-electron chi connectivity index (χ3n) is 4.41. The summed E-state index contributed by atoms with van der Waals surface area (Å²) in [7, 11) is -4.08. The molecule has 9 heteroatoms. The predicted molar refractivity (Wildman–Crippen MR) is 131 cm³/mol. The van der Waals surface area contributed by atoms with E-state index in [1.54, 1.807) is 50.2 Å². The van der Waals surface area contributed by atoms with Gasteiger partial charge in [0, 0.05) is 28.8 Å². The number of anilines is 1. The van der Waals surface area contributed by atoms with E-state index in [1.165, 1.54) is 36.4 Å². The van der Waals surface area contributed by atoms with Crippen LogP contribution in [0.25, 0.3) is 6.08 Å². The molecule has 0 aliphatic heterocycles. The van der Waals surface area contributed by atoms with E-state index in [2.05, 4.69) is 5.32 Å². The molecule has 0 atom stereocenters. The van der Waals surface area contributed by atoms with Gasteiger partial charge in [-0.1, -0.05) is 55.8 Å². The first-order valence-electron chi connectivity index (χ1n) is 10.2. The van der Waals surface area contributed by atoms with E-state index in [0.717, 1.165) is 5.41 Å². The zero-order chi connectivity index (χ0) is 24.7. The van der Waals surface area contributed by atoms with Crippen LogP contribution in [0.1, 0.15) is 29.8 Å². The highest BCUT2D eigenvalue weighted by Gasteiger charge is 2.14. The van der Waals surface area contributed by atoms with E-state index >= 15 is 0 Å². The van der Waals surface area contributed by atoms with Crippen molar-refractivity contribution < 1.29 is 26.9 Å². The van der Waals surface area contributed by atoms with Gasteiger partial charge < -0.3 is 14.2 Å². The van der Waals surface area contributed by atoms with Crippen molar-refractivity contribution in [2.45, 2.75) is 13.8 Å². The highest BCUT2D eigenvalue weighted by Crippen LogP contribution is 2.28. The van der Waals surface area contributed by atoms with Gasteiger partial charge >= 0.3 is 16.1 Å². The Morgan fingerprint density at radius 2 is 1.59 bits per heavy atom.